The zero-order valence-corrected chi connectivity index (χ0v) is 12.9. The molecule has 1 heterocycles. The summed E-state index contributed by atoms with van der Waals surface area (Å²) in [5.41, 5.74) is 2.00. The second-order valence-corrected chi connectivity index (χ2v) is 5.78. The van der Waals surface area contributed by atoms with Gasteiger partial charge in [-0.15, -0.1) is 0 Å². The predicted octanol–water partition coefficient (Wildman–Crippen LogP) is 2.19. The van der Waals surface area contributed by atoms with Crippen molar-refractivity contribution in [3.63, 3.8) is 0 Å². The van der Waals surface area contributed by atoms with Crippen LogP contribution in [0.3, 0.4) is 0 Å². The van der Waals surface area contributed by atoms with Gasteiger partial charge < -0.3 is 5.11 Å². The minimum absolute atomic E-state index is 0.0533. The molecule has 0 aromatic carbocycles. The second-order valence-electron chi connectivity index (χ2n) is 5.78. The lowest BCUT2D eigenvalue weighted by atomic mass is 10.0. The van der Waals surface area contributed by atoms with E-state index in [1.54, 1.807) is 4.57 Å². The van der Waals surface area contributed by atoms with Gasteiger partial charge in [0.2, 0.25) is 0 Å². The van der Waals surface area contributed by atoms with Gasteiger partial charge in [-0.1, -0.05) is 26.7 Å². The van der Waals surface area contributed by atoms with Crippen molar-refractivity contribution >= 4 is 5.97 Å². The van der Waals surface area contributed by atoms with Crippen LogP contribution in [0.5, 0.6) is 0 Å². The molecule has 0 spiro atoms. The largest absolute Gasteiger partial charge is 0.481 e. The summed E-state index contributed by atoms with van der Waals surface area (Å²) < 4.78 is 1.69. The molecule has 0 radical (unpaired) electrons. The Morgan fingerprint density at radius 2 is 2.05 bits per heavy atom. The standard InChI is InChI=1S/C16H24N2O3/c1-3-13-12(10-15(19)20)14(4-2)18(16(21)17-13)9-5-6-11-7-8-11/h11H,3-10H2,1-2H3,(H,19,20). The molecule has 1 N–H and O–H groups in total. The van der Waals surface area contributed by atoms with E-state index in [1.165, 1.54) is 12.8 Å². The highest BCUT2D eigenvalue weighted by molar-refractivity contribution is 5.71. The first-order valence-electron chi connectivity index (χ1n) is 7.90. The Hall–Kier alpha value is -1.65. The van der Waals surface area contributed by atoms with Crippen LogP contribution < -0.4 is 5.69 Å². The summed E-state index contributed by atoms with van der Waals surface area (Å²) in [6.45, 7) is 4.53. The van der Waals surface area contributed by atoms with Crippen molar-refractivity contribution in [2.45, 2.75) is 65.3 Å². The van der Waals surface area contributed by atoms with E-state index >= 15 is 0 Å². The van der Waals surface area contributed by atoms with Crippen LogP contribution in [0.25, 0.3) is 0 Å². The molecule has 1 saturated carbocycles. The van der Waals surface area contributed by atoms with E-state index in [2.05, 4.69) is 4.98 Å². The molecular formula is C16H24N2O3. The lowest BCUT2D eigenvalue weighted by Gasteiger charge is -2.17. The molecule has 0 bridgehead atoms. The number of aryl methyl sites for hydroxylation is 1. The highest BCUT2D eigenvalue weighted by Gasteiger charge is 2.21. The Bertz CT molecular complexity index is 574. The van der Waals surface area contributed by atoms with E-state index in [0.29, 0.717) is 25.1 Å². The van der Waals surface area contributed by atoms with Crippen molar-refractivity contribution in [3.05, 3.63) is 27.4 Å². The monoisotopic (exact) mass is 292 g/mol. The SMILES string of the molecule is CCc1nc(=O)n(CCCC2CC2)c(CC)c1CC(=O)O. The Morgan fingerprint density at radius 1 is 1.33 bits per heavy atom. The molecule has 0 amide bonds. The molecule has 2 rings (SSSR count). The molecule has 116 valence electrons. The smallest absolute Gasteiger partial charge is 0.347 e. The summed E-state index contributed by atoms with van der Waals surface area (Å²) >= 11 is 0. The molecule has 1 aromatic rings. The molecule has 0 saturated heterocycles. The summed E-state index contributed by atoms with van der Waals surface area (Å²) in [5, 5.41) is 9.11. The molecule has 0 unspecified atom stereocenters. The number of carboxylic acid groups (broad SMARTS) is 1. The number of carbonyl (C=O) groups is 1. The molecule has 1 fully saturated rings. The summed E-state index contributed by atoms with van der Waals surface area (Å²) in [4.78, 5) is 27.4. The maximum atomic E-state index is 12.2. The second kappa shape index (κ2) is 6.87. The number of aliphatic carboxylic acids is 1. The van der Waals surface area contributed by atoms with Crippen LogP contribution >= 0.6 is 0 Å². The van der Waals surface area contributed by atoms with Crippen molar-refractivity contribution < 1.29 is 9.90 Å². The van der Waals surface area contributed by atoms with E-state index in [9.17, 15) is 9.59 Å². The molecule has 0 atom stereocenters. The third kappa shape index (κ3) is 3.93. The van der Waals surface area contributed by atoms with Gasteiger partial charge in [-0.25, -0.2) is 4.79 Å². The maximum Gasteiger partial charge on any atom is 0.347 e. The van der Waals surface area contributed by atoms with Gasteiger partial charge in [-0.3, -0.25) is 9.36 Å². The lowest BCUT2D eigenvalue weighted by molar-refractivity contribution is -0.136. The molecule has 0 aliphatic heterocycles. The van der Waals surface area contributed by atoms with Crippen LogP contribution in [0, 0.1) is 5.92 Å². The summed E-state index contributed by atoms with van der Waals surface area (Å²) in [5.74, 6) is -0.0310. The summed E-state index contributed by atoms with van der Waals surface area (Å²) in [6.07, 6.45) is 5.95. The van der Waals surface area contributed by atoms with Gasteiger partial charge >= 0.3 is 11.7 Å². The fourth-order valence-electron chi connectivity index (χ4n) is 2.92. The van der Waals surface area contributed by atoms with Crippen molar-refractivity contribution in [2.24, 2.45) is 5.92 Å². The Kier molecular flexibility index (Phi) is 5.15. The number of hydrogen-bond donors (Lipinski definition) is 1. The molecule has 21 heavy (non-hydrogen) atoms. The van der Waals surface area contributed by atoms with Gasteiger partial charge in [0.25, 0.3) is 0 Å². The van der Waals surface area contributed by atoms with Crippen LogP contribution in [-0.2, 0) is 30.6 Å². The summed E-state index contributed by atoms with van der Waals surface area (Å²) in [6, 6.07) is 0. The topological polar surface area (TPSA) is 72.2 Å². The van der Waals surface area contributed by atoms with Crippen LogP contribution in [0.15, 0.2) is 4.79 Å². The van der Waals surface area contributed by atoms with Crippen LogP contribution in [0.2, 0.25) is 0 Å². The van der Waals surface area contributed by atoms with Crippen molar-refractivity contribution in [3.8, 4) is 0 Å². The van der Waals surface area contributed by atoms with E-state index < -0.39 is 5.97 Å². The van der Waals surface area contributed by atoms with Gasteiger partial charge in [0.1, 0.15) is 0 Å². The Balaban J connectivity index is 2.31. The van der Waals surface area contributed by atoms with Crippen LogP contribution in [0.1, 0.15) is 56.5 Å². The first-order chi connectivity index (χ1) is 10.1. The molecular weight excluding hydrogens is 268 g/mol. The summed E-state index contributed by atoms with van der Waals surface area (Å²) in [7, 11) is 0. The van der Waals surface area contributed by atoms with Gasteiger partial charge in [0, 0.05) is 17.8 Å². The number of nitrogens with zero attached hydrogens (tertiary/aromatic N) is 2. The number of carboxylic acids is 1. The van der Waals surface area contributed by atoms with Crippen molar-refractivity contribution in [1.29, 1.82) is 0 Å². The highest BCUT2D eigenvalue weighted by atomic mass is 16.4. The van der Waals surface area contributed by atoms with Gasteiger partial charge in [-0.05, 0) is 31.6 Å². The van der Waals surface area contributed by atoms with Gasteiger partial charge in [0.15, 0.2) is 0 Å². The molecule has 5 nitrogen and oxygen atoms in total. The minimum Gasteiger partial charge on any atom is -0.481 e. The average Bonchev–Trinajstić information content (AvgIpc) is 3.25. The first-order valence-corrected chi connectivity index (χ1v) is 7.90. The lowest BCUT2D eigenvalue weighted by Crippen LogP contribution is -2.30. The predicted molar refractivity (Wildman–Crippen MR) is 80.6 cm³/mol. The number of rotatable bonds is 8. The fraction of sp³-hybridized carbons (Fsp3) is 0.688. The van der Waals surface area contributed by atoms with Crippen molar-refractivity contribution in [1.82, 2.24) is 9.55 Å². The van der Waals surface area contributed by atoms with E-state index in [4.69, 9.17) is 5.11 Å². The fourth-order valence-corrected chi connectivity index (χ4v) is 2.92. The molecule has 1 aromatic heterocycles. The van der Waals surface area contributed by atoms with Crippen LogP contribution in [0.4, 0.5) is 0 Å². The van der Waals surface area contributed by atoms with Gasteiger partial charge in [-0.2, -0.15) is 4.98 Å². The maximum absolute atomic E-state index is 12.2. The van der Waals surface area contributed by atoms with Gasteiger partial charge in [0.05, 0.1) is 12.1 Å². The normalized spacial score (nSPS) is 14.4. The first kappa shape index (κ1) is 15.7. The quantitative estimate of drug-likeness (QED) is 0.797. The molecule has 5 heteroatoms. The highest BCUT2D eigenvalue weighted by Crippen LogP contribution is 2.33. The number of hydrogen-bond acceptors (Lipinski definition) is 3. The van der Waals surface area contributed by atoms with Crippen LogP contribution in [-0.4, -0.2) is 20.6 Å². The van der Waals surface area contributed by atoms with E-state index in [1.807, 2.05) is 13.8 Å². The zero-order valence-electron chi connectivity index (χ0n) is 12.9. The average molecular weight is 292 g/mol. The zero-order chi connectivity index (χ0) is 15.4. The molecule has 1 aliphatic rings. The third-order valence-electron chi connectivity index (χ3n) is 4.17. The molecule has 1 aliphatic carbocycles. The van der Waals surface area contributed by atoms with E-state index in [-0.39, 0.29) is 12.1 Å². The number of aromatic nitrogens is 2. The minimum atomic E-state index is -0.871. The Labute approximate surface area is 125 Å². The van der Waals surface area contributed by atoms with Crippen molar-refractivity contribution in [2.75, 3.05) is 0 Å². The van der Waals surface area contributed by atoms with E-state index in [0.717, 1.165) is 30.0 Å². The Morgan fingerprint density at radius 3 is 2.57 bits per heavy atom. The third-order valence-corrected chi connectivity index (χ3v) is 4.17.